The normalized spacial score (nSPS) is 17.4. The molecule has 1 amide bonds. The second-order valence-electron chi connectivity index (χ2n) is 8.08. The zero-order valence-corrected chi connectivity index (χ0v) is 18.7. The molecule has 1 fully saturated rings. The summed E-state index contributed by atoms with van der Waals surface area (Å²) >= 11 is 0. The Hall–Kier alpha value is -2.83. The topological polar surface area (TPSA) is 86.1 Å². The van der Waals surface area contributed by atoms with Crippen LogP contribution in [0.15, 0.2) is 27.4 Å². The van der Waals surface area contributed by atoms with Crippen LogP contribution in [0.2, 0.25) is 0 Å². The van der Waals surface area contributed by atoms with Gasteiger partial charge in [0.25, 0.3) is 5.91 Å². The highest BCUT2D eigenvalue weighted by atomic mass is 16.5. The largest absolute Gasteiger partial charge is 0.497 e. The van der Waals surface area contributed by atoms with E-state index in [-0.39, 0.29) is 24.8 Å². The first-order valence-electron chi connectivity index (χ1n) is 11.0. The van der Waals surface area contributed by atoms with E-state index in [4.69, 9.17) is 13.9 Å². The van der Waals surface area contributed by atoms with Gasteiger partial charge in [0, 0.05) is 36.0 Å². The van der Waals surface area contributed by atoms with E-state index in [2.05, 4.69) is 6.92 Å². The van der Waals surface area contributed by atoms with Crippen LogP contribution in [0, 0.1) is 6.92 Å². The number of rotatable bonds is 7. The number of aryl methyl sites for hydroxylation is 1. The molecule has 1 aromatic heterocycles. The molecule has 31 heavy (non-hydrogen) atoms. The summed E-state index contributed by atoms with van der Waals surface area (Å²) in [7, 11) is 1.55. The quantitative estimate of drug-likeness (QED) is 0.492. The minimum Gasteiger partial charge on any atom is -0.497 e. The lowest BCUT2D eigenvalue weighted by Gasteiger charge is -2.36. The highest BCUT2D eigenvalue weighted by molar-refractivity contribution is 5.84. The molecule has 0 aliphatic carbocycles. The Morgan fingerprint density at radius 3 is 2.77 bits per heavy atom. The van der Waals surface area contributed by atoms with Crippen molar-refractivity contribution in [2.75, 3.05) is 13.7 Å². The number of methoxy groups -OCH3 is 1. The summed E-state index contributed by atoms with van der Waals surface area (Å²) in [6.45, 7) is 6.23. The summed E-state index contributed by atoms with van der Waals surface area (Å²) in [6, 6.07) is 5.51. The van der Waals surface area contributed by atoms with E-state index in [0.717, 1.165) is 36.6 Å². The molecule has 2 aromatic rings. The van der Waals surface area contributed by atoms with Crippen molar-refractivity contribution < 1.29 is 23.5 Å². The molecule has 2 heterocycles. The van der Waals surface area contributed by atoms with Crippen molar-refractivity contribution in [1.82, 2.24) is 4.90 Å². The number of benzene rings is 1. The lowest BCUT2D eigenvalue weighted by atomic mass is 9.99. The van der Waals surface area contributed by atoms with Crippen molar-refractivity contribution in [2.45, 2.75) is 71.4 Å². The maximum Gasteiger partial charge on any atom is 0.339 e. The molecule has 1 aliphatic rings. The number of nitrogens with zero attached hydrogens (tertiary/aromatic N) is 1. The second kappa shape index (κ2) is 9.98. The predicted octanol–water partition coefficient (Wildman–Crippen LogP) is 3.77. The molecule has 7 nitrogen and oxygen atoms in total. The predicted molar refractivity (Wildman–Crippen MR) is 117 cm³/mol. The first-order valence-corrected chi connectivity index (χ1v) is 11.0. The Morgan fingerprint density at radius 1 is 1.29 bits per heavy atom. The van der Waals surface area contributed by atoms with Gasteiger partial charge in [-0.2, -0.15) is 0 Å². The van der Waals surface area contributed by atoms with Gasteiger partial charge >= 0.3 is 11.6 Å². The van der Waals surface area contributed by atoms with Crippen LogP contribution in [0.1, 0.15) is 57.1 Å². The van der Waals surface area contributed by atoms with Crippen LogP contribution in [0.3, 0.4) is 0 Å². The third-order valence-corrected chi connectivity index (χ3v) is 6.11. The van der Waals surface area contributed by atoms with E-state index >= 15 is 0 Å². The molecule has 2 atom stereocenters. The van der Waals surface area contributed by atoms with Crippen LogP contribution in [0.4, 0.5) is 0 Å². The maximum absolute atomic E-state index is 12.8. The van der Waals surface area contributed by atoms with Crippen molar-refractivity contribution in [3.8, 4) is 5.75 Å². The molecule has 1 aliphatic heterocycles. The van der Waals surface area contributed by atoms with Crippen molar-refractivity contribution in [3.63, 3.8) is 0 Å². The average molecular weight is 430 g/mol. The van der Waals surface area contributed by atoms with Gasteiger partial charge in [0.05, 0.1) is 7.11 Å². The molecular weight excluding hydrogens is 398 g/mol. The van der Waals surface area contributed by atoms with Gasteiger partial charge in [0.15, 0.2) is 6.10 Å². The van der Waals surface area contributed by atoms with E-state index in [1.165, 1.54) is 0 Å². The molecule has 2 unspecified atom stereocenters. The zero-order valence-electron chi connectivity index (χ0n) is 18.7. The lowest BCUT2D eigenvalue weighted by Crippen LogP contribution is -2.48. The highest BCUT2D eigenvalue weighted by Gasteiger charge is 2.30. The number of hydrogen-bond donors (Lipinski definition) is 0. The number of piperidine rings is 1. The van der Waals surface area contributed by atoms with Gasteiger partial charge in [-0.3, -0.25) is 9.59 Å². The van der Waals surface area contributed by atoms with Crippen molar-refractivity contribution in [2.24, 2.45) is 0 Å². The molecular formula is C24H31NO6. The SMILES string of the molecule is CCC1CCCCN1C(=O)C(C)OC(=O)CCc1c(C)c2ccc(OC)cc2oc1=O. The first kappa shape index (κ1) is 22.8. The van der Waals surface area contributed by atoms with Crippen LogP contribution in [0.25, 0.3) is 11.0 Å². The highest BCUT2D eigenvalue weighted by Crippen LogP contribution is 2.25. The van der Waals surface area contributed by atoms with E-state index in [1.54, 1.807) is 26.2 Å². The fourth-order valence-corrected chi connectivity index (χ4v) is 4.27. The molecule has 0 radical (unpaired) electrons. The van der Waals surface area contributed by atoms with Gasteiger partial charge in [0.1, 0.15) is 11.3 Å². The summed E-state index contributed by atoms with van der Waals surface area (Å²) in [5.74, 6) is -0.0427. The molecule has 0 bridgehead atoms. The lowest BCUT2D eigenvalue weighted by molar-refractivity contribution is -0.161. The average Bonchev–Trinajstić information content (AvgIpc) is 2.77. The third-order valence-electron chi connectivity index (χ3n) is 6.11. The van der Waals surface area contributed by atoms with Crippen LogP contribution < -0.4 is 10.4 Å². The van der Waals surface area contributed by atoms with Crippen LogP contribution in [0.5, 0.6) is 5.75 Å². The number of carbonyl (C=O) groups is 2. The Bertz CT molecular complexity index is 1010. The van der Waals surface area contributed by atoms with Gasteiger partial charge < -0.3 is 18.8 Å². The summed E-state index contributed by atoms with van der Waals surface area (Å²) in [4.78, 5) is 39.4. The molecule has 1 saturated heterocycles. The van der Waals surface area contributed by atoms with Crippen LogP contribution in [-0.2, 0) is 20.7 Å². The first-order chi connectivity index (χ1) is 14.8. The van der Waals surface area contributed by atoms with Crippen molar-refractivity contribution in [3.05, 3.63) is 39.7 Å². The molecule has 0 spiro atoms. The van der Waals surface area contributed by atoms with E-state index < -0.39 is 17.7 Å². The summed E-state index contributed by atoms with van der Waals surface area (Å²) < 4.78 is 16.0. The number of hydrogen-bond acceptors (Lipinski definition) is 6. The molecule has 1 aromatic carbocycles. The van der Waals surface area contributed by atoms with E-state index in [1.807, 2.05) is 17.9 Å². The maximum atomic E-state index is 12.8. The summed E-state index contributed by atoms with van der Waals surface area (Å²) in [5, 5.41) is 0.794. The summed E-state index contributed by atoms with van der Waals surface area (Å²) in [6.07, 6.45) is 3.35. The fraction of sp³-hybridized carbons (Fsp3) is 0.542. The standard InChI is InChI=1S/C24H31NO6/c1-5-17-8-6-7-13-25(17)23(27)16(3)30-22(26)12-11-20-15(2)19-10-9-18(29-4)14-21(19)31-24(20)28/h9-10,14,16-17H,5-8,11-13H2,1-4H3. The Balaban J connectivity index is 1.64. The Labute approximate surface area is 182 Å². The number of esters is 1. The molecule has 0 saturated carbocycles. The smallest absolute Gasteiger partial charge is 0.339 e. The number of fused-ring (bicyclic) bond motifs is 1. The van der Waals surface area contributed by atoms with Crippen molar-refractivity contribution in [1.29, 1.82) is 0 Å². The van der Waals surface area contributed by atoms with Crippen LogP contribution >= 0.6 is 0 Å². The van der Waals surface area contributed by atoms with Crippen molar-refractivity contribution >= 4 is 22.8 Å². The number of ether oxygens (including phenoxy) is 2. The van der Waals surface area contributed by atoms with E-state index in [9.17, 15) is 14.4 Å². The fourth-order valence-electron chi connectivity index (χ4n) is 4.27. The molecule has 0 N–H and O–H groups in total. The van der Waals surface area contributed by atoms with Crippen LogP contribution in [-0.4, -0.2) is 42.6 Å². The number of carbonyl (C=O) groups excluding carboxylic acids is 2. The minimum absolute atomic E-state index is 0.00207. The van der Waals surface area contributed by atoms with Gasteiger partial charge in [-0.1, -0.05) is 6.92 Å². The zero-order chi connectivity index (χ0) is 22.5. The van der Waals surface area contributed by atoms with Gasteiger partial charge in [-0.05, 0) is 63.6 Å². The monoisotopic (exact) mass is 429 g/mol. The Kier molecular flexibility index (Phi) is 7.36. The molecule has 168 valence electrons. The Morgan fingerprint density at radius 2 is 2.06 bits per heavy atom. The molecule has 7 heteroatoms. The van der Waals surface area contributed by atoms with E-state index in [0.29, 0.717) is 23.4 Å². The minimum atomic E-state index is -0.832. The van der Waals surface area contributed by atoms with Gasteiger partial charge in [-0.25, -0.2) is 4.79 Å². The third kappa shape index (κ3) is 5.09. The van der Waals surface area contributed by atoms with Gasteiger partial charge in [0.2, 0.25) is 0 Å². The second-order valence-corrected chi connectivity index (χ2v) is 8.08. The molecule has 3 rings (SSSR count). The number of amides is 1. The number of likely N-dealkylation sites (tertiary alicyclic amines) is 1. The van der Waals surface area contributed by atoms with Gasteiger partial charge in [-0.15, -0.1) is 0 Å². The summed E-state index contributed by atoms with van der Waals surface area (Å²) in [5.41, 5.74) is 1.18.